The Morgan fingerprint density at radius 2 is 2.12 bits per heavy atom. The van der Waals surface area contributed by atoms with Crippen LogP contribution in [0.5, 0.6) is 0 Å². The summed E-state index contributed by atoms with van der Waals surface area (Å²) in [6.07, 6.45) is 3.45. The van der Waals surface area contributed by atoms with Crippen LogP contribution in [0.1, 0.15) is 62.3 Å². The lowest BCUT2D eigenvalue weighted by atomic mass is 9.88. The van der Waals surface area contributed by atoms with E-state index < -0.39 is 5.97 Å². The van der Waals surface area contributed by atoms with Crippen molar-refractivity contribution in [2.24, 2.45) is 0 Å². The third-order valence-electron chi connectivity index (χ3n) is 3.14. The van der Waals surface area contributed by atoms with Crippen LogP contribution in [0.3, 0.4) is 0 Å². The molecule has 1 aromatic heterocycles. The second-order valence-electron chi connectivity index (χ2n) is 5.50. The molecular weight excluding hydrogens is 204 g/mol. The highest BCUT2D eigenvalue weighted by Gasteiger charge is 2.29. The van der Waals surface area contributed by atoms with Gasteiger partial charge in [-0.25, -0.2) is 4.79 Å². The van der Waals surface area contributed by atoms with Gasteiger partial charge < -0.3 is 5.11 Å². The number of aromatic nitrogens is 2. The molecule has 0 bridgehead atoms. The van der Waals surface area contributed by atoms with Crippen LogP contribution < -0.4 is 0 Å². The summed E-state index contributed by atoms with van der Waals surface area (Å²) in [5.74, 6) is -0.941. The summed E-state index contributed by atoms with van der Waals surface area (Å²) in [6.45, 7) is 6.26. The molecule has 16 heavy (non-hydrogen) atoms. The quantitative estimate of drug-likeness (QED) is 0.836. The fourth-order valence-electron chi connectivity index (χ4n) is 1.97. The number of nitrogens with zero attached hydrogens (tertiary/aromatic N) is 2. The highest BCUT2D eigenvalue weighted by atomic mass is 16.4. The van der Waals surface area contributed by atoms with E-state index in [1.165, 1.54) is 6.42 Å². The molecule has 1 N–H and O–H groups in total. The fourth-order valence-corrected chi connectivity index (χ4v) is 1.97. The van der Waals surface area contributed by atoms with Crippen molar-refractivity contribution < 1.29 is 9.90 Å². The van der Waals surface area contributed by atoms with Crippen molar-refractivity contribution in [3.05, 3.63) is 17.5 Å². The van der Waals surface area contributed by atoms with Crippen molar-refractivity contribution in [2.45, 2.75) is 51.5 Å². The van der Waals surface area contributed by atoms with Crippen molar-refractivity contribution in [2.75, 3.05) is 0 Å². The van der Waals surface area contributed by atoms with Gasteiger partial charge in [0, 0.05) is 11.1 Å². The van der Waals surface area contributed by atoms with E-state index in [2.05, 4.69) is 25.9 Å². The number of carboxylic acids is 1. The van der Waals surface area contributed by atoms with E-state index >= 15 is 0 Å². The van der Waals surface area contributed by atoms with Gasteiger partial charge in [0.05, 0.1) is 6.04 Å². The van der Waals surface area contributed by atoms with Crippen LogP contribution in [0.4, 0.5) is 0 Å². The normalized spacial score (nSPS) is 17.2. The molecule has 1 saturated carbocycles. The molecule has 0 unspecified atom stereocenters. The number of hydrogen-bond acceptors (Lipinski definition) is 2. The summed E-state index contributed by atoms with van der Waals surface area (Å²) >= 11 is 0. The number of rotatable bonds is 2. The Hall–Kier alpha value is -1.32. The molecule has 0 aliphatic heterocycles. The molecule has 4 nitrogen and oxygen atoms in total. The van der Waals surface area contributed by atoms with Crippen LogP contribution in [0.15, 0.2) is 6.07 Å². The first-order valence-corrected chi connectivity index (χ1v) is 5.73. The molecule has 0 spiro atoms. The summed E-state index contributed by atoms with van der Waals surface area (Å²) in [5.41, 5.74) is 1.13. The zero-order valence-electron chi connectivity index (χ0n) is 10.0. The van der Waals surface area contributed by atoms with Gasteiger partial charge in [0.2, 0.25) is 0 Å². The molecule has 1 aliphatic carbocycles. The topological polar surface area (TPSA) is 55.1 Å². The smallest absolute Gasteiger partial charge is 0.356 e. The van der Waals surface area contributed by atoms with Crippen LogP contribution in [0.25, 0.3) is 0 Å². The third-order valence-corrected chi connectivity index (χ3v) is 3.14. The molecule has 1 fully saturated rings. The van der Waals surface area contributed by atoms with Crippen molar-refractivity contribution in [3.63, 3.8) is 0 Å². The average molecular weight is 222 g/mol. The monoisotopic (exact) mass is 222 g/mol. The van der Waals surface area contributed by atoms with Crippen LogP contribution >= 0.6 is 0 Å². The minimum absolute atomic E-state index is 0.0592. The van der Waals surface area contributed by atoms with Gasteiger partial charge in [-0.05, 0) is 25.3 Å². The second kappa shape index (κ2) is 3.61. The second-order valence-corrected chi connectivity index (χ2v) is 5.50. The standard InChI is InChI=1S/C12H18N2O2/c1-12(2,3)10-7-9(11(15)16)13-14(10)8-5-4-6-8/h7-8H,4-6H2,1-3H3,(H,15,16). The molecule has 0 saturated heterocycles. The summed E-state index contributed by atoms with van der Waals surface area (Å²) in [6, 6.07) is 2.11. The van der Waals surface area contributed by atoms with Crippen molar-refractivity contribution in [1.82, 2.24) is 9.78 Å². The molecule has 1 heterocycles. The summed E-state index contributed by atoms with van der Waals surface area (Å²) in [5, 5.41) is 13.2. The zero-order chi connectivity index (χ0) is 11.9. The van der Waals surface area contributed by atoms with Gasteiger partial charge >= 0.3 is 5.97 Å². The number of aromatic carboxylic acids is 1. The van der Waals surface area contributed by atoms with Crippen LogP contribution in [-0.2, 0) is 5.41 Å². The summed E-state index contributed by atoms with van der Waals surface area (Å²) in [4.78, 5) is 10.9. The highest BCUT2D eigenvalue weighted by Crippen LogP contribution is 2.35. The Morgan fingerprint density at radius 3 is 2.50 bits per heavy atom. The molecule has 0 atom stereocenters. The SMILES string of the molecule is CC(C)(C)c1cc(C(=O)O)nn1C1CCC1. The van der Waals surface area contributed by atoms with E-state index in [0.717, 1.165) is 18.5 Å². The molecular formula is C12H18N2O2. The average Bonchev–Trinajstić information content (AvgIpc) is 2.44. The lowest BCUT2D eigenvalue weighted by Gasteiger charge is -2.31. The number of carboxylic acid groups (broad SMARTS) is 1. The molecule has 2 rings (SSSR count). The lowest BCUT2D eigenvalue weighted by Crippen LogP contribution is -2.25. The Bertz CT molecular complexity index is 411. The number of hydrogen-bond donors (Lipinski definition) is 1. The summed E-state index contributed by atoms with van der Waals surface area (Å²) in [7, 11) is 0. The maximum Gasteiger partial charge on any atom is 0.356 e. The van der Waals surface area contributed by atoms with E-state index in [1.54, 1.807) is 6.07 Å². The molecule has 0 amide bonds. The Morgan fingerprint density at radius 1 is 1.50 bits per heavy atom. The predicted octanol–water partition coefficient (Wildman–Crippen LogP) is 2.60. The molecule has 88 valence electrons. The largest absolute Gasteiger partial charge is 0.476 e. The zero-order valence-corrected chi connectivity index (χ0v) is 10.0. The first kappa shape index (κ1) is 11.2. The van der Waals surface area contributed by atoms with E-state index in [4.69, 9.17) is 5.11 Å². The minimum atomic E-state index is -0.941. The Balaban J connectivity index is 2.43. The van der Waals surface area contributed by atoms with Crippen molar-refractivity contribution in [3.8, 4) is 0 Å². The van der Waals surface area contributed by atoms with Gasteiger partial charge in [-0.2, -0.15) is 5.10 Å². The molecule has 0 aromatic carbocycles. The van der Waals surface area contributed by atoms with Crippen LogP contribution in [0, 0.1) is 0 Å². The minimum Gasteiger partial charge on any atom is -0.476 e. The maximum atomic E-state index is 10.9. The van der Waals surface area contributed by atoms with Gasteiger partial charge in [-0.1, -0.05) is 20.8 Å². The summed E-state index contributed by atoms with van der Waals surface area (Å²) < 4.78 is 1.92. The van der Waals surface area contributed by atoms with Gasteiger partial charge in [-0.15, -0.1) is 0 Å². The Kier molecular flexibility index (Phi) is 2.52. The highest BCUT2D eigenvalue weighted by molar-refractivity contribution is 5.85. The van der Waals surface area contributed by atoms with E-state index in [0.29, 0.717) is 6.04 Å². The first-order chi connectivity index (χ1) is 7.39. The van der Waals surface area contributed by atoms with E-state index in [-0.39, 0.29) is 11.1 Å². The van der Waals surface area contributed by atoms with Crippen LogP contribution in [-0.4, -0.2) is 20.9 Å². The van der Waals surface area contributed by atoms with E-state index in [1.807, 2.05) is 4.68 Å². The Labute approximate surface area is 95.3 Å². The van der Waals surface area contributed by atoms with Gasteiger partial charge in [0.15, 0.2) is 5.69 Å². The molecule has 0 radical (unpaired) electrons. The predicted molar refractivity (Wildman–Crippen MR) is 60.8 cm³/mol. The van der Waals surface area contributed by atoms with Gasteiger partial charge in [0.25, 0.3) is 0 Å². The molecule has 1 aliphatic rings. The van der Waals surface area contributed by atoms with E-state index in [9.17, 15) is 4.79 Å². The lowest BCUT2D eigenvalue weighted by molar-refractivity contribution is 0.0688. The molecule has 4 heteroatoms. The third kappa shape index (κ3) is 1.84. The van der Waals surface area contributed by atoms with Crippen LogP contribution in [0.2, 0.25) is 0 Å². The first-order valence-electron chi connectivity index (χ1n) is 5.73. The molecule has 1 aromatic rings. The maximum absolute atomic E-state index is 10.9. The fraction of sp³-hybridized carbons (Fsp3) is 0.667. The van der Waals surface area contributed by atoms with Gasteiger partial charge in [0.1, 0.15) is 0 Å². The van der Waals surface area contributed by atoms with Crippen molar-refractivity contribution in [1.29, 1.82) is 0 Å². The van der Waals surface area contributed by atoms with Gasteiger partial charge in [-0.3, -0.25) is 4.68 Å². The number of carbonyl (C=O) groups is 1. The van der Waals surface area contributed by atoms with Crippen molar-refractivity contribution >= 4 is 5.97 Å².